The van der Waals surface area contributed by atoms with Crippen molar-refractivity contribution in [3.8, 4) is 10.7 Å². The maximum absolute atomic E-state index is 12.8. The molecule has 0 aliphatic heterocycles. The van der Waals surface area contributed by atoms with Gasteiger partial charge in [0.1, 0.15) is 5.01 Å². The second kappa shape index (κ2) is 7.00. The second-order valence-corrected chi connectivity index (χ2v) is 7.93. The number of fused-ring (bicyclic) bond motifs is 1. The molecule has 4 nitrogen and oxygen atoms in total. The van der Waals surface area contributed by atoms with Crippen molar-refractivity contribution in [3.05, 3.63) is 64.3 Å². The van der Waals surface area contributed by atoms with Gasteiger partial charge in [0, 0.05) is 22.7 Å². The number of thiazole rings is 1. The molecule has 0 radical (unpaired) electrons. The van der Waals surface area contributed by atoms with Gasteiger partial charge in [0.2, 0.25) is 5.91 Å². The Morgan fingerprint density at radius 2 is 2.12 bits per heavy atom. The average molecular weight is 363 g/mol. The minimum atomic E-state index is 0.000218. The Morgan fingerprint density at radius 3 is 2.88 bits per heavy atom. The van der Waals surface area contributed by atoms with Gasteiger partial charge in [-0.15, -0.1) is 11.3 Å². The summed E-state index contributed by atoms with van der Waals surface area (Å²) in [5, 5.41) is 4.06. The van der Waals surface area contributed by atoms with Gasteiger partial charge in [0.15, 0.2) is 0 Å². The lowest BCUT2D eigenvalue weighted by atomic mass is 9.90. The van der Waals surface area contributed by atoms with Crippen molar-refractivity contribution in [1.29, 1.82) is 0 Å². The predicted octanol–water partition coefficient (Wildman–Crippen LogP) is 4.57. The number of nitrogens with one attached hydrogen (secondary N) is 1. The van der Waals surface area contributed by atoms with Crippen LogP contribution in [0.1, 0.15) is 28.1 Å². The molecule has 5 heteroatoms. The highest BCUT2D eigenvalue weighted by Crippen LogP contribution is 2.34. The van der Waals surface area contributed by atoms with Gasteiger partial charge in [0.05, 0.1) is 11.4 Å². The van der Waals surface area contributed by atoms with Crippen molar-refractivity contribution < 1.29 is 4.79 Å². The molecule has 0 spiro atoms. The molecule has 0 fully saturated rings. The predicted molar refractivity (Wildman–Crippen MR) is 105 cm³/mol. The van der Waals surface area contributed by atoms with Crippen molar-refractivity contribution in [2.45, 2.75) is 33.1 Å². The van der Waals surface area contributed by atoms with Crippen LogP contribution in [-0.2, 0) is 17.6 Å². The first-order chi connectivity index (χ1) is 12.6. The summed E-state index contributed by atoms with van der Waals surface area (Å²) >= 11 is 1.67. The van der Waals surface area contributed by atoms with E-state index in [1.165, 1.54) is 10.4 Å². The second-order valence-electron chi connectivity index (χ2n) is 6.85. The molecular weight excluding hydrogens is 342 g/mol. The van der Waals surface area contributed by atoms with E-state index in [0.717, 1.165) is 46.9 Å². The molecule has 1 atom stereocenters. The standard InChI is InChI=1S/C21H21N3OS/c1-13-6-8-16(14(2)11-13)23-20(25)15-7-9-17-19(12-15)26-21(24-17)18-5-3-4-10-22-18/h3-6,8,10-11,15H,7,9,12H2,1-2H3,(H,23,25). The summed E-state index contributed by atoms with van der Waals surface area (Å²) < 4.78 is 0. The van der Waals surface area contributed by atoms with E-state index in [2.05, 4.69) is 23.3 Å². The third-order valence-electron chi connectivity index (χ3n) is 4.83. The Morgan fingerprint density at radius 1 is 1.23 bits per heavy atom. The smallest absolute Gasteiger partial charge is 0.227 e. The molecule has 0 bridgehead atoms. The number of hydrogen-bond donors (Lipinski definition) is 1. The fourth-order valence-corrected chi connectivity index (χ4v) is 4.55. The van der Waals surface area contributed by atoms with Crippen LogP contribution in [0.15, 0.2) is 42.6 Å². The molecule has 4 rings (SSSR count). The first-order valence-electron chi connectivity index (χ1n) is 8.88. The van der Waals surface area contributed by atoms with Crippen LogP contribution in [0.25, 0.3) is 10.7 Å². The molecule has 2 aromatic heterocycles. The quantitative estimate of drug-likeness (QED) is 0.742. The van der Waals surface area contributed by atoms with Crippen LogP contribution in [-0.4, -0.2) is 15.9 Å². The largest absolute Gasteiger partial charge is 0.326 e. The van der Waals surface area contributed by atoms with E-state index in [4.69, 9.17) is 4.98 Å². The van der Waals surface area contributed by atoms with E-state index >= 15 is 0 Å². The van der Waals surface area contributed by atoms with E-state index in [9.17, 15) is 4.79 Å². The number of amides is 1. The first kappa shape index (κ1) is 16.9. The van der Waals surface area contributed by atoms with Crippen LogP contribution >= 0.6 is 11.3 Å². The summed E-state index contributed by atoms with van der Waals surface area (Å²) in [6, 6.07) is 12.0. The summed E-state index contributed by atoms with van der Waals surface area (Å²) in [6.45, 7) is 4.09. The normalized spacial score (nSPS) is 16.2. The van der Waals surface area contributed by atoms with Crippen LogP contribution in [0.2, 0.25) is 0 Å². The monoisotopic (exact) mass is 363 g/mol. The molecular formula is C21H21N3OS. The van der Waals surface area contributed by atoms with Crippen LogP contribution in [0.4, 0.5) is 5.69 Å². The van der Waals surface area contributed by atoms with Crippen LogP contribution < -0.4 is 5.32 Å². The topological polar surface area (TPSA) is 54.9 Å². The number of carbonyl (C=O) groups excluding carboxylic acids is 1. The average Bonchev–Trinajstić information content (AvgIpc) is 3.08. The van der Waals surface area contributed by atoms with E-state index in [1.807, 2.05) is 37.3 Å². The van der Waals surface area contributed by atoms with Gasteiger partial charge < -0.3 is 5.32 Å². The SMILES string of the molecule is Cc1ccc(NC(=O)C2CCc3nc(-c4ccccn4)sc3C2)c(C)c1. The molecule has 1 unspecified atom stereocenters. The van der Waals surface area contributed by atoms with Gasteiger partial charge in [-0.2, -0.15) is 0 Å². The summed E-state index contributed by atoms with van der Waals surface area (Å²) in [4.78, 5) is 23.1. The zero-order valence-corrected chi connectivity index (χ0v) is 15.8. The van der Waals surface area contributed by atoms with Gasteiger partial charge in [-0.3, -0.25) is 9.78 Å². The van der Waals surface area contributed by atoms with Crippen molar-refractivity contribution in [1.82, 2.24) is 9.97 Å². The number of rotatable bonds is 3. The molecule has 1 aromatic carbocycles. The Labute approximate surface area is 157 Å². The fraction of sp³-hybridized carbons (Fsp3) is 0.286. The van der Waals surface area contributed by atoms with E-state index < -0.39 is 0 Å². The highest BCUT2D eigenvalue weighted by atomic mass is 32.1. The highest BCUT2D eigenvalue weighted by molar-refractivity contribution is 7.15. The summed E-state index contributed by atoms with van der Waals surface area (Å²) in [7, 11) is 0. The Balaban J connectivity index is 1.49. The number of carbonyl (C=O) groups is 1. The van der Waals surface area contributed by atoms with Crippen molar-refractivity contribution >= 4 is 22.9 Å². The van der Waals surface area contributed by atoms with Crippen molar-refractivity contribution in [2.75, 3.05) is 5.32 Å². The van der Waals surface area contributed by atoms with Gasteiger partial charge >= 0.3 is 0 Å². The zero-order chi connectivity index (χ0) is 18.1. The Hall–Kier alpha value is -2.53. The molecule has 26 heavy (non-hydrogen) atoms. The fourth-order valence-electron chi connectivity index (χ4n) is 3.39. The molecule has 1 aliphatic carbocycles. The van der Waals surface area contributed by atoms with Crippen molar-refractivity contribution in [2.24, 2.45) is 5.92 Å². The highest BCUT2D eigenvalue weighted by Gasteiger charge is 2.28. The lowest BCUT2D eigenvalue weighted by Gasteiger charge is -2.21. The maximum Gasteiger partial charge on any atom is 0.227 e. The van der Waals surface area contributed by atoms with Crippen LogP contribution in [0.5, 0.6) is 0 Å². The number of nitrogens with zero attached hydrogens (tertiary/aromatic N) is 2. The van der Waals surface area contributed by atoms with Crippen LogP contribution in [0.3, 0.4) is 0 Å². The van der Waals surface area contributed by atoms with Gasteiger partial charge in [0.25, 0.3) is 0 Å². The summed E-state index contributed by atoms with van der Waals surface area (Å²) in [5.41, 5.74) is 5.25. The molecule has 1 amide bonds. The van der Waals surface area contributed by atoms with E-state index in [1.54, 1.807) is 17.5 Å². The van der Waals surface area contributed by atoms with E-state index in [0.29, 0.717) is 0 Å². The molecule has 1 aliphatic rings. The molecule has 0 saturated heterocycles. The summed E-state index contributed by atoms with van der Waals surface area (Å²) in [6.07, 6.45) is 4.24. The van der Waals surface area contributed by atoms with Crippen molar-refractivity contribution in [3.63, 3.8) is 0 Å². The third-order valence-corrected chi connectivity index (χ3v) is 5.98. The molecule has 1 N–H and O–H groups in total. The van der Waals surface area contributed by atoms with Gasteiger partial charge in [-0.25, -0.2) is 4.98 Å². The maximum atomic E-state index is 12.8. The molecule has 0 saturated carbocycles. The minimum Gasteiger partial charge on any atom is -0.326 e. The van der Waals surface area contributed by atoms with E-state index in [-0.39, 0.29) is 11.8 Å². The van der Waals surface area contributed by atoms with Gasteiger partial charge in [-0.05, 0) is 56.9 Å². The molecule has 3 aromatic rings. The lowest BCUT2D eigenvalue weighted by molar-refractivity contribution is -0.120. The number of pyridine rings is 1. The van der Waals surface area contributed by atoms with Gasteiger partial charge in [-0.1, -0.05) is 23.8 Å². The Bertz CT molecular complexity index is 949. The number of hydrogen-bond acceptors (Lipinski definition) is 4. The lowest BCUT2D eigenvalue weighted by Crippen LogP contribution is -2.28. The number of aryl methyl sites for hydroxylation is 3. The summed E-state index contributed by atoms with van der Waals surface area (Å²) in [5.74, 6) is 0.107. The Kier molecular flexibility index (Phi) is 4.55. The number of benzene rings is 1. The zero-order valence-electron chi connectivity index (χ0n) is 15.0. The first-order valence-corrected chi connectivity index (χ1v) is 9.70. The van der Waals surface area contributed by atoms with Crippen LogP contribution in [0, 0.1) is 19.8 Å². The third kappa shape index (κ3) is 3.40. The molecule has 132 valence electrons. The number of anilines is 1. The molecule has 2 heterocycles. The minimum absolute atomic E-state index is 0.000218. The number of aromatic nitrogens is 2.